The number of rotatable bonds is 5. The molecule has 0 aliphatic heterocycles. The number of aryl methyl sites for hydroxylation is 1. The van der Waals surface area contributed by atoms with E-state index in [-0.39, 0.29) is 6.04 Å². The molecule has 0 saturated carbocycles. The molecule has 0 bridgehead atoms. The smallest absolute Gasteiger partial charge is 0.0291 e. The molecule has 94 valence electrons. The first-order valence-electron chi connectivity index (χ1n) is 6.18. The normalized spacial score (nSPS) is 12.3. The summed E-state index contributed by atoms with van der Waals surface area (Å²) in [6, 6.07) is 12.8. The van der Waals surface area contributed by atoms with Crippen molar-refractivity contribution in [3.8, 4) is 0 Å². The lowest BCUT2D eigenvalue weighted by molar-refractivity contribution is 0.522. The van der Waals surface area contributed by atoms with Gasteiger partial charge in [0.05, 0.1) is 0 Å². The van der Waals surface area contributed by atoms with Crippen molar-refractivity contribution in [2.75, 3.05) is 0 Å². The van der Waals surface area contributed by atoms with E-state index in [4.69, 9.17) is 5.84 Å². The zero-order valence-corrected chi connectivity index (χ0v) is 10.6. The van der Waals surface area contributed by atoms with Crippen LogP contribution < -0.4 is 11.3 Å². The summed E-state index contributed by atoms with van der Waals surface area (Å²) in [4.78, 5) is 4.02. The van der Waals surface area contributed by atoms with Gasteiger partial charge >= 0.3 is 0 Å². The number of nitrogens with one attached hydrogen (secondary N) is 1. The molecule has 0 fully saturated rings. The van der Waals surface area contributed by atoms with Gasteiger partial charge in [0.1, 0.15) is 0 Å². The van der Waals surface area contributed by atoms with Crippen LogP contribution >= 0.6 is 0 Å². The summed E-state index contributed by atoms with van der Waals surface area (Å²) < 4.78 is 0. The quantitative estimate of drug-likeness (QED) is 0.622. The maximum Gasteiger partial charge on any atom is 0.0291 e. The summed E-state index contributed by atoms with van der Waals surface area (Å²) in [6.45, 7) is 2.11. The van der Waals surface area contributed by atoms with Crippen LogP contribution in [-0.4, -0.2) is 11.0 Å². The molecule has 0 amide bonds. The Kier molecular flexibility index (Phi) is 4.45. The monoisotopic (exact) mass is 241 g/mol. The Bertz CT molecular complexity index is 482. The van der Waals surface area contributed by atoms with Crippen molar-refractivity contribution in [3.63, 3.8) is 0 Å². The molecule has 0 radical (unpaired) electrons. The van der Waals surface area contributed by atoms with Gasteiger partial charge in [0.15, 0.2) is 0 Å². The fourth-order valence-electron chi connectivity index (χ4n) is 2.12. The third-order valence-electron chi connectivity index (χ3n) is 3.03. The summed E-state index contributed by atoms with van der Waals surface area (Å²) in [5.41, 5.74) is 6.75. The van der Waals surface area contributed by atoms with Gasteiger partial charge in [-0.1, -0.05) is 29.8 Å². The minimum absolute atomic E-state index is 0.245. The second-order valence-electron chi connectivity index (χ2n) is 4.62. The van der Waals surface area contributed by atoms with E-state index >= 15 is 0 Å². The van der Waals surface area contributed by atoms with Crippen LogP contribution in [0.25, 0.3) is 0 Å². The molecular formula is C15H19N3. The third kappa shape index (κ3) is 3.65. The highest BCUT2D eigenvalue weighted by molar-refractivity contribution is 5.23. The number of hydrogen-bond acceptors (Lipinski definition) is 3. The predicted octanol–water partition coefficient (Wildman–Crippen LogP) is 2.01. The lowest BCUT2D eigenvalue weighted by Gasteiger charge is -2.16. The largest absolute Gasteiger partial charge is 0.271 e. The Morgan fingerprint density at radius 2 is 1.83 bits per heavy atom. The van der Waals surface area contributed by atoms with Crippen LogP contribution in [0.5, 0.6) is 0 Å². The first-order chi connectivity index (χ1) is 8.78. The molecule has 18 heavy (non-hydrogen) atoms. The molecule has 3 nitrogen and oxygen atoms in total. The van der Waals surface area contributed by atoms with Crippen LogP contribution in [0, 0.1) is 6.92 Å². The maximum atomic E-state index is 5.64. The summed E-state index contributed by atoms with van der Waals surface area (Å²) in [5.74, 6) is 5.64. The Balaban J connectivity index is 2.01. The molecule has 3 heteroatoms. The Morgan fingerprint density at radius 1 is 1.11 bits per heavy atom. The van der Waals surface area contributed by atoms with E-state index in [0.717, 1.165) is 12.8 Å². The molecule has 1 aromatic heterocycles. The Hall–Kier alpha value is -1.71. The first kappa shape index (κ1) is 12.7. The van der Waals surface area contributed by atoms with Crippen LogP contribution in [0.2, 0.25) is 0 Å². The highest BCUT2D eigenvalue weighted by Crippen LogP contribution is 2.10. The topological polar surface area (TPSA) is 50.9 Å². The minimum Gasteiger partial charge on any atom is -0.271 e. The molecule has 2 aromatic rings. The molecule has 1 unspecified atom stereocenters. The minimum atomic E-state index is 0.245. The molecule has 3 N–H and O–H groups in total. The molecule has 0 aliphatic carbocycles. The van der Waals surface area contributed by atoms with Gasteiger partial charge in [-0.25, -0.2) is 0 Å². The molecule has 0 spiro atoms. The predicted molar refractivity (Wildman–Crippen MR) is 73.9 cm³/mol. The molecule has 0 aliphatic rings. The zero-order valence-electron chi connectivity index (χ0n) is 10.6. The average molecular weight is 241 g/mol. The highest BCUT2D eigenvalue weighted by Gasteiger charge is 2.08. The number of hydrazine groups is 1. The summed E-state index contributed by atoms with van der Waals surface area (Å²) in [6.07, 6.45) is 5.47. The molecule has 0 saturated heterocycles. The van der Waals surface area contributed by atoms with E-state index in [1.54, 1.807) is 0 Å². The molecule has 1 heterocycles. The van der Waals surface area contributed by atoms with Crippen molar-refractivity contribution in [2.45, 2.75) is 25.8 Å². The van der Waals surface area contributed by atoms with E-state index in [0.29, 0.717) is 0 Å². The van der Waals surface area contributed by atoms with E-state index in [1.165, 1.54) is 16.7 Å². The van der Waals surface area contributed by atoms with Gasteiger partial charge in [-0.15, -0.1) is 0 Å². The fourth-order valence-corrected chi connectivity index (χ4v) is 2.12. The Morgan fingerprint density at radius 3 is 2.50 bits per heavy atom. The lowest BCUT2D eigenvalue weighted by atomic mass is 9.99. The third-order valence-corrected chi connectivity index (χ3v) is 3.03. The highest BCUT2D eigenvalue weighted by atomic mass is 15.2. The molecule has 2 rings (SSSR count). The number of nitrogens with zero attached hydrogens (tertiary/aromatic N) is 1. The van der Waals surface area contributed by atoms with Crippen LogP contribution in [0.15, 0.2) is 48.8 Å². The van der Waals surface area contributed by atoms with Crippen LogP contribution in [0.3, 0.4) is 0 Å². The first-order valence-corrected chi connectivity index (χ1v) is 6.18. The second kappa shape index (κ2) is 6.28. The van der Waals surface area contributed by atoms with E-state index in [1.807, 2.05) is 24.5 Å². The number of aromatic nitrogens is 1. The molecule has 1 atom stereocenters. The van der Waals surface area contributed by atoms with Crippen molar-refractivity contribution < 1.29 is 0 Å². The van der Waals surface area contributed by atoms with E-state index in [9.17, 15) is 0 Å². The van der Waals surface area contributed by atoms with Crippen molar-refractivity contribution in [3.05, 3.63) is 65.5 Å². The summed E-state index contributed by atoms with van der Waals surface area (Å²) in [5, 5.41) is 0. The Labute approximate surface area is 108 Å². The number of nitrogens with two attached hydrogens (primary N) is 1. The van der Waals surface area contributed by atoms with Gasteiger partial charge in [-0.3, -0.25) is 16.3 Å². The average Bonchev–Trinajstić information content (AvgIpc) is 2.39. The summed E-state index contributed by atoms with van der Waals surface area (Å²) in [7, 11) is 0. The molecular weight excluding hydrogens is 222 g/mol. The fraction of sp³-hybridized carbons (Fsp3) is 0.267. The number of benzene rings is 1. The zero-order chi connectivity index (χ0) is 12.8. The van der Waals surface area contributed by atoms with Gasteiger partial charge < -0.3 is 0 Å². The summed E-state index contributed by atoms with van der Waals surface area (Å²) >= 11 is 0. The van der Waals surface area contributed by atoms with Crippen molar-refractivity contribution >= 4 is 0 Å². The molecule has 1 aromatic carbocycles. The van der Waals surface area contributed by atoms with Gasteiger partial charge in [0, 0.05) is 18.4 Å². The van der Waals surface area contributed by atoms with Crippen molar-refractivity contribution in [1.82, 2.24) is 10.4 Å². The second-order valence-corrected chi connectivity index (χ2v) is 4.62. The standard InChI is InChI=1S/C15H19N3/c1-12-3-2-4-14(9-12)11-15(18-16)10-13-5-7-17-8-6-13/h2-9,15,18H,10-11,16H2,1H3. The lowest BCUT2D eigenvalue weighted by Crippen LogP contribution is -2.38. The van der Waals surface area contributed by atoms with Crippen LogP contribution in [0.4, 0.5) is 0 Å². The maximum absolute atomic E-state index is 5.64. The SMILES string of the molecule is Cc1cccc(CC(Cc2ccncc2)NN)c1. The van der Waals surface area contributed by atoms with E-state index in [2.05, 4.69) is 41.6 Å². The van der Waals surface area contributed by atoms with Gasteiger partial charge in [0.2, 0.25) is 0 Å². The van der Waals surface area contributed by atoms with Gasteiger partial charge in [0.25, 0.3) is 0 Å². The van der Waals surface area contributed by atoms with Gasteiger partial charge in [-0.2, -0.15) is 0 Å². The van der Waals surface area contributed by atoms with E-state index < -0.39 is 0 Å². The van der Waals surface area contributed by atoms with Crippen molar-refractivity contribution in [1.29, 1.82) is 0 Å². The van der Waals surface area contributed by atoms with Crippen LogP contribution in [0.1, 0.15) is 16.7 Å². The van der Waals surface area contributed by atoms with Crippen molar-refractivity contribution in [2.24, 2.45) is 5.84 Å². The number of pyridine rings is 1. The van der Waals surface area contributed by atoms with Crippen LogP contribution in [-0.2, 0) is 12.8 Å². The number of hydrogen-bond donors (Lipinski definition) is 2. The van der Waals surface area contributed by atoms with Gasteiger partial charge in [-0.05, 0) is 43.0 Å².